The Bertz CT molecular complexity index is 1190. The average Bonchev–Trinajstić information content (AvgIpc) is 3.03. The number of alkyl halides is 1. The molecule has 1 aliphatic carbocycles. The molecule has 3 fully saturated rings. The summed E-state index contributed by atoms with van der Waals surface area (Å²) in [5, 5.41) is 5.05. The first-order chi connectivity index (χ1) is 16.9. The number of ketones is 1. The molecule has 3 aliphatic heterocycles. The van der Waals surface area contributed by atoms with E-state index in [1.54, 1.807) is 19.1 Å². The first-order valence-corrected chi connectivity index (χ1v) is 11.6. The molecule has 0 aromatic heterocycles. The number of Topliss-reactive ketones (excluding diaryl/α,β-unsaturated/α-hetero) is 1. The van der Waals surface area contributed by atoms with Gasteiger partial charge in [-0.3, -0.25) is 28.9 Å². The molecule has 4 aliphatic rings. The van der Waals surface area contributed by atoms with Crippen molar-refractivity contribution in [1.82, 2.24) is 20.4 Å². The van der Waals surface area contributed by atoms with Gasteiger partial charge in [-0.15, -0.1) is 0 Å². The summed E-state index contributed by atoms with van der Waals surface area (Å²) in [6, 6.07) is 2.87. The fourth-order valence-corrected chi connectivity index (χ4v) is 4.87. The van der Waals surface area contributed by atoms with Crippen LogP contribution in [0.4, 0.5) is 8.78 Å². The van der Waals surface area contributed by atoms with Gasteiger partial charge in [0.25, 0.3) is 17.6 Å². The van der Waals surface area contributed by atoms with Crippen molar-refractivity contribution in [2.24, 2.45) is 4.99 Å². The number of aliphatic imine (C=N–C) groups is 1. The van der Waals surface area contributed by atoms with Crippen LogP contribution in [0.2, 0.25) is 0 Å². The summed E-state index contributed by atoms with van der Waals surface area (Å²) >= 11 is 0. The summed E-state index contributed by atoms with van der Waals surface area (Å²) in [7, 11) is 2.79. The second-order valence-electron chi connectivity index (χ2n) is 9.76. The van der Waals surface area contributed by atoms with E-state index in [4.69, 9.17) is 0 Å². The van der Waals surface area contributed by atoms with Crippen LogP contribution < -0.4 is 10.6 Å². The monoisotopic (exact) mass is 503 g/mol. The Labute approximate surface area is 206 Å². The van der Waals surface area contributed by atoms with Crippen LogP contribution in [0.3, 0.4) is 0 Å². The van der Waals surface area contributed by atoms with Gasteiger partial charge in [0.1, 0.15) is 17.3 Å². The van der Waals surface area contributed by atoms with Gasteiger partial charge in [0.05, 0.1) is 12.1 Å². The summed E-state index contributed by atoms with van der Waals surface area (Å²) < 4.78 is 29.8. The smallest absolute Gasteiger partial charge is 0.311 e. The molecule has 10 nitrogen and oxygen atoms in total. The van der Waals surface area contributed by atoms with Crippen LogP contribution in [0.25, 0.3) is 0 Å². The summed E-state index contributed by atoms with van der Waals surface area (Å²) in [6.07, 6.45) is -0.0287. The Kier molecular flexibility index (Phi) is 6.40. The second-order valence-corrected chi connectivity index (χ2v) is 9.76. The number of carbonyl (C=O) groups excluding carboxylic acids is 5. The number of nitrogens with zero attached hydrogens (tertiary/aromatic N) is 3. The maximum absolute atomic E-state index is 15.4. The third-order valence-electron chi connectivity index (χ3n) is 7.01. The van der Waals surface area contributed by atoms with Crippen LogP contribution in [0.1, 0.15) is 36.8 Å². The fourth-order valence-electron chi connectivity index (χ4n) is 4.87. The Hall–Kier alpha value is -3.70. The number of aryl methyl sites for hydroxylation is 1. The van der Waals surface area contributed by atoms with Crippen molar-refractivity contribution in [3.8, 4) is 0 Å². The lowest BCUT2D eigenvalue weighted by Crippen LogP contribution is -2.65. The van der Waals surface area contributed by atoms with Crippen molar-refractivity contribution in [1.29, 1.82) is 0 Å². The van der Waals surface area contributed by atoms with Gasteiger partial charge in [-0.2, -0.15) is 0 Å². The number of hydrogen-bond donors (Lipinski definition) is 2. The molecule has 1 unspecified atom stereocenters. The maximum Gasteiger partial charge on any atom is 0.311 e. The van der Waals surface area contributed by atoms with E-state index < -0.39 is 59.0 Å². The molecule has 1 saturated carbocycles. The molecular formula is C24H27F2N5O5. The summed E-state index contributed by atoms with van der Waals surface area (Å²) in [5.41, 5.74) is -2.65. The topological polar surface area (TPSA) is 128 Å². The van der Waals surface area contributed by atoms with E-state index in [-0.39, 0.29) is 43.6 Å². The molecular weight excluding hydrogens is 476 g/mol. The summed E-state index contributed by atoms with van der Waals surface area (Å²) in [6.45, 7) is 0.877. The van der Waals surface area contributed by atoms with E-state index in [1.807, 2.05) is 0 Å². The minimum absolute atomic E-state index is 0.0234. The molecule has 1 atom stereocenters. The molecule has 192 valence electrons. The third kappa shape index (κ3) is 4.35. The number of rotatable bonds is 4. The van der Waals surface area contributed by atoms with Gasteiger partial charge >= 0.3 is 11.8 Å². The van der Waals surface area contributed by atoms with E-state index in [1.165, 1.54) is 20.2 Å². The van der Waals surface area contributed by atoms with Crippen LogP contribution in [0, 0.1) is 12.7 Å². The molecule has 2 saturated heterocycles. The SMILES string of the molecule is Cc1cccc(CNC(=O)C2N=C3N(CC4(F)CCC3(NC(=O)C(=O)N(C)C)CC4)C(=O)C2=O)c1F. The highest BCUT2D eigenvalue weighted by molar-refractivity contribution is 6.46. The number of likely N-dealkylation sites (N-methyl/N-ethyl adjacent to an activating group) is 1. The highest BCUT2D eigenvalue weighted by Crippen LogP contribution is 2.44. The van der Waals surface area contributed by atoms with Crippen molar-refractivity contribution in [2.45, 2.75) is 56.4 Å². The number of hydrogen-bond acceptors (Lipinski definition) is 6. The van der Waals surface area contributed by atoms with Crippen molar-refractivity contribution < 1.29 is 32.8 Å². The Morgan fingerprint density at radius 1 is 1.17 bits per heavy atom. The quantitative estimate of drug-likeness (QED) is 0.447. The lowest BCUT2D eigenvalue weighted by molar-refractivity contribution is -0.146. The molecule has 5 rings (SSSR count). The standard InChI is InChI=1S/C24H27F2N5O5/c1-13-5-4-6-14(15(13)25)11-27-18(33)16-17(32)20(35)31-12-23(26)7-9-24(10-8-23,22(31)28-16)29-19(34)21(36)30(2)3/h4-6,16H,7-12H2,1-3H3,(H,27,33)(H,29,34). The van der Waals surface area contributed by atoms with Gasteiger partial charge in [0, 0.05) is 26.2 Å². The molecule has 2 N–H and O–H groups in total. The molecule has 1 aromatic rings. The van der Waals surface area contributed by atoms with Gasteiger partial charge in [-0.25, -0.2) is 13.8 Å². The highest BCUT2D eigenvalue weighted by atomic mass is 19.1. The molecule has 0 spiro atoms. The van der Waals surface area contributed by atoms with E-state index in [0.717, 1.165) is 9.80 Å². The number of halogens is 2. The molecule has 3 heterocycles. The maximum atomic E-state index is 15.4. The summed E-state index contributed by atoms with van der Waals surface area (Å²) in [5.74, 6) is -5.67. The van der Waals surface area contributed by atoms with Gasteiger partial charge in [-0.1, -0.05) is 18.2 Å². The van der Waals surface area contributed by atoms with Crippen LogP contribution in [0.5, 0.6) is 0 Å². The van der Waals surface area contributed by atoms with Crippen LogP contribution in [-0.2, 0) is 30.5 Å². The first-order valence-electron chi connectivity index (χ1n) is 11.6. The van der Waals surface area contributed by atoms with Crippen molar-refractivity contribution in [3.63, 3.8) is 0 Å². The molecule has 12 heteroatoms. The zero-order valence-corrected chi connectivity index (χ0v) is 20.2. The fraction of sp³-hybridized carbons (Fsp3) is 0.500. The van der Waals surface area contributed by atoms with Crippen LogP contribution in [-0.4, -0.2) is 82.9 Å². The van der Waals surface area contributed by atoms with Crippen LogP contribution in [0.15, 0.2) is 23.2 Å². The molecule has 36 heavy (non-hydrogen) atoms. The van der Waals surface area contributed by atoms with Crippen molar-refractivity contribution >= 4 is 35.2 Å². The number of nitrogens with one attached hydrogen (secondary N) is 2. The largest absolute Gasteiger partial charge is 0.350 e. The summed E-state index contributed by atoms with van der Waals surface area (Å²) in [4.78, 5) is 69.8. The number of carbonyl (C=O) groups is 5. The van der Waals surface area contributed by atoms with Crippen LogP contribution >= 0.6 is 0 Å². The molecule has 1 aromatic carbocycles. The minimum atomic E-state index is -1.80. The third-order valence-corrected chi connectivity index (χ3v) is 7.01. The normalized spacial score (nSPS) is 27.1. The minimum Gasteiger partial charge on any atom is -0.350 e. The average molecular weight is 504 g/mol. The number of amidine groups is 1. The lowest BCUT2D eigenvalue weighted by atomic mass is 9.76. The van der Waals surface area contributed by atoms with Gasteiger partial charge < -0.3 is 15.5 Å². The lowest BCUT2D eigenvalue weighted by Gasteiger charge is -2.40. The zero-order chi connectivity index (χ0) is 26.4. The van der Waals surface area contributed by atoms with E-state index in [0.29, 0.717) is 5.56 Å². The van der Waals surface area contributed by atoms with Crippen molar-refractivity contribution in [3.05, 3.63) is 35.1 Å². The number of benzene rings is 1. The molecule has 4 amide bonds. The Balaban J connectivity index is 1.67. The van der Waals surface area contributed by atoms with E-state index in [9.17, 15) is 28.4 Å². The van der Waals surface area contributed by atoms with E-state index in [2.05, 4.69) is 15.6 Å². The Morgan fingerprint density at radius 2 is 1.83 bits per heavy atom. The van der Waals surface area contributed by atoms with E-state index >= 15 is 4.39 Å². The predicted molar refractivity (Wildman–Crippen MR) is 123 cm³/mol. The van der Waals surface area contributed by atoms with Gasteiger partial charge in [-0.05, 0) is 38.2 Å². The van der Waals surface area contributed by atoms with Gasteiger partial charge in [0.2, 0.25) is 0 Å². The van der Waals surface area contributed by atoms with Crippen molar-refractivity contribution in [2.75, 3.05) is 20.6 Å². The first kappa shape index (κ1) is 25.4. The molecule has 0 radical (unpaired) electrons. The van der Waals surface area contributed by atoms with Gasteiger partial charge in [0.15, 0.2) is 6.04 Å². The predicted octanol–water partition coefficient (Wildman–Crippen LogP) is 0.168. The number of amides is 4. The molecule has 2 bridgehead atoms. The second kappa shape index (κ2) is 9.07. The Morgan fingerprint density at radius 3 is 2.47 bits per heavy atom. The number of fused-ring (bicyclic) bond motifs is 2. The highest BCUT2D eigenvalue weighted by Gasteiger charge is 2.58. The zero-order valence-electron chi connectivity index (χ0n) is 20.2.